The van der Waals surface area contributed by atoms with Gasteiger partial charge in [0.25, 0.3) is 0 Å². The fourth-order valence-electron chi connectivity index (χ4n) is 3.63. The van der Waals surface area contributed by atoms with Gasteiger partial charge in [0, 0.05) is 43.1 Å². The van der Waals surface area contributed by atoms with E-state index in [4.69, 9.17) is 0 Å². The summed E-state index contributed by atoms with van der Waals surface area (Å²) in [5, 5.41) is 9.29. The molecule has 1 saturated carbocycles. The molecule has 3 heterocycles. The molecular weight excluding hydrogens is 264 g/mol. The van der Waals surface area contributed by atoms with Crippen LogP contribution in [-0.2, 0) is 10.2 Å². The van der Waals surface area contributed by atoms with Crippen LogP contribution >= 0.6 is 0 Å². The fourth-order valence-corrected chi connectivity index (χ4v) is 3.63. The van der Waals surface area contributed by atoms with Crippen molar-refractivity contribution in [2.24, 2.45) is 16.1 Å². The third kappa shape index (κ3) is 1.84. The van der Waals surface area contributed by atoms with E-state index >= 15 is 0 Å². The number of aromatic nitrogens is 2. The minimum Gasteiger partial charge on any atom is -0.346 e. The molecule has 0 spiro atoms. The molecule has 1 aliphatic heterocycles. The van der Waals surface area contributed by atoms with Gasteiger partial charge in [0.15, 0.2) is 0 Å². The van der Waals surface area contributed by atoms with Gasteiger partial charge in [0.2, 0.25) is 0 Å². The summed E-state index contributed by atoms with van der Waals surface area (Å²) in [5.74, 6) is 0.577. The molecule has 1 aliphatic carbocycles. The van der Waals surface area contributed by atoms with E-state index in [9.17, 15) is 4.79 Å². The van der Waals surface area contributed by atoms with Gasteiger partial charge >= 0.3 is 0 Å². The molecule has 0 bridgehead atoms. The van der Waals surface area contributed by atoms with Crippen LogP contribution in [0.25, 0.3) is 11.0 Å². The lowest BCUT2D eigenvalue weighted by Gasteiger charge is -2.35. The highest BCUT2D eigenvalue weighted by atomic mass is 16.1. The zero-order chi connectivity index (χ0) is 14.3. The molecule has 2 aromatic heterocycles. The molecule has 0 saturated heterocycles. The number of Topliss-reactive ketones (excluding diaryl/α,β-unsaturated/α-hetero) is 1. The Morgan fingerprint density at radius 3 is 2.90 bits per heavy atom. The van der Waals surface area contributed by atoms with E-state index in [0.29, 0.717) is 18.6 Å². The number of hydrogen-bond donors (Lipinski definition) is 1. The first-order chi connectivity index (χ1) is 10.3. The summed E-state index contributed by atoms with van der Waals surface area (Å²) in [6.45, 7) is 0. The maximum absolute atomic E-state index is 11.9. The summed E-state index contributed by atoms with van der Waals surface area (Å²) in [7, 11) is 0. The zero-order valence-corrected chi connectivity index (χ0v) is 11.6. The van der Waals surface area contributed by atoms with Crippen molar-refractivity contribution in [2.45, 2.75) is 31.1 Å². The van der Waals surface area contributed by atoms with Crippen molar-refractivity contribution in [3.8, 4) is 0 Å². The molecule has 1 fully saturated rings. The summed E-state index contributed by atoms with van der Waals surface area (Å²) in [6.07, 6.45) is 10.8. The quantitative estimate of drug-likeness (QED) is 0.918. The molecule has 1 unspecified atom stereocenters. The standard InChI is InChI=1S/C16H16N4O/c21-12-3-1-2-11(8-12)16(9-19-20-10-16)14-5-7-18-15-13(14)4-6-17-15/h4-7,9-11H,1-3,8H2,(H,17,18). The maximum Gasteiger partial charge on any atom is 0.137 e. The van der Waals surface area contributed by atoms with Crippen LogP contribution in [0.4, 0.5) is 0 Å². The number of rotatable bonds is 2. The molecule has 0 radical (unpaired) electrons. The van der Waals surface area contributed by atoms with Gasteiger partial charge in [0.1, 0.15) is 11.4 Å². The van der Waals surface area contributed by atoms with Gasteiger partial charge in [-0.25, -0.2) is 4.98 Å². The Kier molecular flexibility index (Phi) is 2.74. The van der Waals surface area contributed by atoms with Gasteiger partial charge in [-0.15, -0.1) is 0 Å². The molecule has 0 amide bonds. The van der Waals surface area contributed by atoms with Crippen LogP contribution in [0.3, 0.4) is 0 Å². The second-order valence-corrected chi connectivity index (χ2v) is 5.85. The molecule has 0 aromatic carbocycles. The van der Waals surface area contributed by atoms with Crippen LogP contribution in [0.1, 0.15) is 31.2 Å². The number of H-pyrrole nitrogens is 1. The molecule has 106 valence electrons. The van der Waals surface area contributed by atoms with Crippen molar-refractivity contribution >= 4 is 29.2 Å². The Morgan fingerprint density at radius 2 is 2.10 bits per heavy atom. The van der Waals surface area contributed by atoms with Gasteiger partial charge in [-0.3, -0.25) is 4.79 Å². The maximum atomic E-state index is 11.9. The number of carbonyl (C=O) groups is 1. The first-order valence-corrected chi connectivity index (χ1v) is 7.32. The van der Waals surface area contributed by atoms with Crippen molar-refractivity contribution in [3.05, 3.63) is 30.1 Å². The lowest BCUT2D eigenvalue weighted by Crippen LogP contribution is -2.40. The first-order valence-electron chi connectivity index (χ1n) is 7.32. The molecule has 1 atom stereocenters. The zero-order valence-electron chi connectivity index (χ0n) is 11.6. The van der Waals surface area contributed by atoms with Gasteiger partial charge in [-0.2, -0.15) is 10.2 Å². The molecule has 4 rings (SSSR count). The smallest absolute Gasteiger partial charge is 0.137 e. The van der Waals surface area contributed by atoms with E-state index in [1.807, 2.05) is 30.8 Å². The minimum absolute atomic E-state index is 0.231. The second kappa shape index (κ2) is 4.62. The van der Waals surface area contributed by atoms with E-state index in [-0.39, 0.29) is 11.3 Å². The highest BCUT2D eigenvalue weighted by molar-refractivity contribution is 6.04. The lowest BCUT2D eigenvalue weighted by molar-refractivity contribution is -0.121. The van der Waals surface area contributed by atoms with Crippen LogP contribution in [0.2, 0.25) is 0 Å². The summed E-state index contributed by atoms with van der Waals surface area (Å²) in [6, 6.07) is 4.06. The van der Waals surface area contributed by atoms with Gasteiger partial charge in [0.05, 0.1) is 5.41 Å². The highest BCUT2D eigenvalue weighted by Gasteiger charge is 2.43. The summed E-state index contributed by atoms with van der Waals surface area (Å²) in [5.41, 5.74) is 1.63. The third-order valence-corrected chi connectivity index (χ3v) is 4.69. The van der Waals surface area contributed by atoms with E-state index < -0.39 is 0 Å². The van der Waals surface area contributed by atoms with Crippen LogP contribution in [0, 0.1) is 5.92 Å². The number of nitrogens with zero attached hydrogens (tertiary/aromatic N) is 3. The molecule has 5 nitrogen and oxygen atoms in total. The molecule has 1 N–H and O–H groups in total. The van der Waals surface area contributed by atoms with Crippen molar-refractivity contribution in [1.29, 1.82) is 0 Å². The first kappa shape index (κ1) is 12.4. The molecule has 21 heavy (non-hydrogen) atoms. The number of nitrogens with one attached hydrogen (secondary N) is 1. The Labute approximate surface area is 122 Å². The predicted octanol–water partition coefficient (Wildman–Crippen LogP) is 2.63. The molecule has 5 heteroatoms. The van der Waals surface area contributed by atoms with Crippen molar-refractivity contribution < 1.29 is 4.79 Å². The number of hydrogen-bond acceptors (Lipinski definition) is 4. The van der Waals surface area contributed by atoms with E-state index in [1.165, 1.54) is 0 Å². The largest absolute Gasteiger partial charge is 0.346 e. The van der Waals surface area contributed by atoms with Crippen LogP contribution < -0.4 is 0 Å². The summed E-state index contributed by atoms with van der Waals surface area (Å²) >= 11 is 0. The van der Waals surface area contributed by atoms with E-state index in [0.717, 1.165) is 29.4 Å². The Bertz CT molecular complexity index is 746. The summed E-state index contributed by atoms with van der Waals surface area (Å²) < 4.78 is 0. The number of fused-ring (bicyclic) bond motifs is 1. The van der Waals surface area contributed by atoms with Crippen molar-refractivity contribution in [2.75, 3.05) is 0 Å². The Hall–Kier alpha value is -2.30. The van der Waals surface area contributed by atoms with E-state index in [1.54, 1.807) is 6.20 Å². The SMILES string of the molecule is O=C1CCCC(C2(c3ccnc4[nH]ccc34)C=NN=C2)C1. The van der Waals surface area contributed by atoms with Crippen LogP contribution in [0.5, 0.6) is 0 Å². The van der Waals surface area contributed by atoms with Crippen LogP contribution in [-0.4, -0.2) is 28.2 Å². The summed E-state index contributed by atoms with van der Waals surface area (Å²) in [4.78, 5) is 19.4. The topological polar surface area (TPSA) is 70.5 Å². The van der Waals surface area contributed by atoms with Crippen molar-refractivity contribution in [1.82, 2.24) is 9.97 Å². The Balaban J connectivity index is 1.88. The Morgan fingerprint density at radius 1 is 1.24 bits per heavy atom. The fraction of sp³-hybridized carbons (Fsp3) is 0.375. The number of aromatic amines is 1. The predicted molar refractivity (Wildman–Crippen MR) is 81.7 cm³/mol. The molecular formula is C16H16N4O. The van der Waals surface area contributed by atoms with Gasteiger partial charge in [-0.1, -0.05) is 0 Å². The normalized spacial score (nSPS) is 24.0. The monoisotopic (exact) mass is 280 g/mol. The number of ketones is 1. The molecule has 2 aliphatic rings. The molecule has 2 aromatic rings. The highest BCUT2D eigenvalue weighted by Crippen LogP contribution is 2.41. The average Bonchev–Trinajstić information content (AvgIpc) is 3.17. The minimum atomic E-state index is -0.376. The lowest BCUT2D eigenvalue weighted by atomic mass is 9.66. The van der Waals surface area contributed by atoms with E-state index in [2.05, 4.69) is 20.2 Å². The third-order valence-electron chi connectivity index (χ3n) is 4.69. The van der Waals surface area contributed by atoms with Gasteiger partial charge in [-0.05, 0) is 36.5 Å². The van der Waals surface area contributed by atoms with Crippen molar-refractivity contribution in [3.63, 3.8) is 0 Å². The second-order valence-electron chi connectivity index (χ2n) is 5.85. The van der Waals surface area contributed by atoms with Crippen LogP contribution in [0.15, 0.2) is 34.7 Å². The van der Waals surface area contributed by atoms with Gasteiger partial charge < -0.3 is 4.98 Å². The number of pyridine rings is 1. The number of carbonyl (C=O) groups excluding carboxylic acids is 1. The average molecular weight is 280 g/mol.